The van der Waals surface area contributed by atoms with E-state index in [4.69, 9.17) is 12.2 Å². The average Bonchev–Trinajstić information content (AvgIpc) is 2.79. The van der Waals surface area contributed by atoms with Crippen LogP contribution in [0, 0.1) is 0 Å². The molecule has 0 atom stereocenters. The molecule has 1 heterocycles. The predicted molar refractivity (Wildman–Crippen MR) is 86.4 cm³/mol. The van der Waals surface area contributed by atoms with Gasteiger partial charge in [0.2, 0.25) is 0 Å². The van der Waals surface area contributed by atoms with Gasteiger partial charge in [0.25, 0.3) is 0 Å². The van der Waals surface area contributed by atoms with E-state index in [1.807, 2.05) is 4.90 Å². The fraction of sp³-hybridized carbons (Fsp3) is 0.471. The Labute approximate surface area is 123 Å². The van der Waals surface area contributed by atoms with Gasteiger partial charge in [-0.05, 0) is 0 Å². The Bertz CT molecular complexity index is 446. The third-order valence-electron chi connectivity index (χ3n) is 3.74. The molecule has 1 radical (unpaired) electrons. The molecular formula is C17H23BNO. The van der Waals surface area contributed by atoms with E-state index in [1.165, 1.54) is 37.7 Å². The van der Waals surface area contributed by atoms with Crippen molar-refractivity contribution in [2.24, 2.45) is 0 Å². The molecule has 0 unspecified atom stereocenters. The van der Waals surface area contributed by atoms with Gasteiger partial charge in [-0.1, -0.05) is 0 Å². The molecule has 0 spiro atoms. The maximum absolute atomic E-state index is 5.88. The van der Waals surface area contributed by atoms with Crippen molar-refractivity contribution in [3.8, 4) is 0 Å². The molecule has 3 heteroatoms. The zero-order valence-electron chi connectivity index (χ0n) is 12.2. The van der Waals surface area contributed by atoms with E-state index in [2.05, 4.69) is 31.4 Å². The number of unbranched alkanes of at least 4 members (excludes halogenated alkanes) is 2. The molecule has 0 aromatic rings. The molecule has 0 aromatic heterocycles. The Hall–Kier alpha value is -1.51. The first-order chi connectivity index (χ1) is 9.68. The van der Waals surface area contributed by atoms with E-state index in [9.17, 15) is 0 Å². The summed E-state index contributed by atoms with van der Waals surface area (Å²) in [4.78, 5) is 1.84. The van der Waals surface area contributed by atoms with Crippen molar-refractivity contribution in [2.45, 2.75) is 44.9 Å². The van der Waals surface area contributed by atoms with Gasteiger partial charge >= 0.3 is 123 Å². The summed E-state index contributed by atoms with van der Waals surface area (Å²) in [6.07, 6.45) is 15.0. The van der Waals surface area contributed by atoms with Gasteiger partial charge in [0.05, 0.1) is 0 Å². The molecule has 1 aliphatic carbocycles. The van der Waals surface area contributed by atoms with Crippen LogP contribution in [-0.2, 0) is 4.74 Å². The van der Waals surface area contributed by atoms with Gasteiger partial charge in [-0.2, -0.15) is 0 Å². The molecule has 0 N–H and O–H groups in total. The number of rotatable bonds is 7. The second kappa shape index (κ2) is 7.32. The van der Waals surface area contributed by atoms with Gasteiger partial charge in [0.15, 0.2) is 0 Å². The van der Waals surface area contributed by atoms with Gasteiger partial charge in [0, 0.05) is 0 Å². The molecule has 105 valence electrons. The Balaban J connectivity index is 1.62. The van der Waals surface area contributed by atoms with Gasteiger partial charge in [-0.25, -0.2) is 0 Å². The fourth-order valence-corrected chi connectivity index (χ4v) is 2.63. The fourth-order valence-electron chi connectivity index (χ4n) is 2.63. The predicted octanol–water partition coefficient (Wildman–Crippen LogP) is 3.83. The second-order valence-electron chi connectivity index (χ2n) is 5.39. The van der Waals surface area contributed by atoms with Crippen molar-refractivity contribution < 1.29 is 4.74 Å². The minimum absolute atomic E-state index is 0.429. The first kappa shape index (κ1) is 14.9. The van der Waals surface area contributed by atoms with Crippen molar-refractivity contribution in [1.29, 1.82) is 0 Å². The van der Waals surface area contributed by atoms with Crippen LogP contribution in [0.3, 0.4) is 0 Å². The number of hydrogen-bond donors (Lipinski definition) is 0. The van der Waals surface area contributed by atoms with Crippen LogP contribution in [-0.4, -0.2) is 24.6 Å². The molecule has 0 aromatic carbocycles. The topological polar surface area (TPSA) is 12.5 Å². The van der Waals surface area contributed by atoms with E-state index in [0.29, 0.717) is 18.1 Å². The standard InChI is InChI=1S/C17H23BNO/c1-14(19-15(2)20-13-17(19)18)9-5-3-6-10-16-11-7-4-8-12-16/h7,11-12H,1-6,8-10,13H2. The summed E-state index contributed by atoms with van der Waals surface area (Å²) in [7, 11) is 5.88. The van der Waals surface area contributed by atoms with Crippen LogP contribution in [0.4, 0.5) is 0 Å². The summed E-state index contributed by atoms with van der Waals surface area (Å²) in [5.41, 5.74) is 3.17. The summed E-state index contributed by atoms with van der Waals surface area (Å²) in [6.45, 7) is 8.36. The van der Waals surface area contributed by atoms with Gasteiger partial charge in [-0.15, -0.1) is 0 Å². The quantitative estimate of drug-likeness (QED) is 0.514. The van der Waals surface area contributed by atoms with Crippen molar-refractivity contribution in [3.05, 3.63) is 48.5 Å². The molecule has 0 saturated carbocycles. The summed E-state index contributed by atoms with van der Waals surface area (Å²) in [6, 6.07) is 0. The zero-order valence-corrected chi connectivity index (χ0v) is 12.2. The molecule has 20 heavy (non-hydrogen) atoms. The summed E-state index contributed by atoms with van der Waals surface area (Å²) >= 11 is 0. The Morgan fingerprint density at radius 2 is 2.15 bits per heavy atom. The first-order valence-electron chi connectivity index (χ1n) is 7.45. The monoisotopic (exact) mass is 268 g/mol. The van der Waals surface area contributed by atoms with Crippen LogP contribution in [0.2, 0.25) is 0 Å². The first-order valence-corrected chi connectivity index (χ1v) is 7.45. The second-order valence-corrected chi connectivity index (χ2v) is 5.39. The Morgan fingerprint density at radius 1 is 1.30 bits per heavy atom. The maximum atomic E-state index is 5.88. The molecule has 0 amide bonds. The third kappa shape index (κ3) is 3.99. The van der Waals surface area contributed by atoms with E-state index < -0.39 is 0 Å². The van der Waals surface area contributed by atoms with Crippen LogP contribution in [0.25, 0.3) is 0 Å². The van der Waals surface area contributed by atoms with Gasteiger partial charge in [-0.3, -0.25) is 0 Å². The molecule has 1 fully saturated rings. The zero-order chi connectivity index (χ0) is 14.4. The molecule has 2 nitrogen and oxygen atoms in total. The van der Waals surface area contributed by atoms with Crippen LogP contribution in [0.15, 0.2) is 48.5 Å². The van der Waals surface area contributed by atoms with Crippen LogP contribution < -0.4 is 0 Å². The molecule has 2 rings (SSSR count). The van der Waals surface area contributed by atoms with E-state index in [0.717, 1.165) is 18.5 Å². The summed E-state index contributed by atoms with van der Waals surface area (Å²) in [5, 5.41) is 0. The number of hydrogen-bond acceptors (Lipinski definition) is 2. The molecule has 1 aliphatic heterocycles. The van der Waals surface area contributed by atoms with Crippen LogP contribution >= 0.6 is 0 Å². The number of ether oxygens (including phenoxy) is 1. The van der Waals surface area contributed by atoms with Crippen molar-refractivity contribution >= 4 is 13.1 Å². The van der Waals surface area contributed by atoms with Gasteiger partial charge in [0.1, 0.15) is 0 Å². The van der Waals surface area contributed by atoms with Crippen LogP contribution in [0.5, 0.6) is 0 Å². The van der Waals surface area contributed by atoms with Crippen molar-refractivity contribution in [1.82, 2.24) is 4.90 Å². The summed E-state index contributed by atoms with van der Waals surface area (Å²) in [5.74, 6) is 0.602. The third-order valence-corrected chi connectivity index (χ3v) is 3.74. The summed E-state index contributed by atoms with van der Waals surface area (Å²) < 4.78 is 5.30. The SMILES string of the molecule is [B]=C1COC(=C)N1C(=C)CCCCCC1=CCCC=C1. The van der Waals surface area contributed by atoms with Gasteiger partial charge < -0.3 is 0 Å². The van der Waals surface area contributed by atoms with Crippen molar-refractivity contribution in [2.75, 3.05) is 6.61 Å². The number of nitrogens with zero attached hydrogens (tertiary/aromatic N) is 1. The Kier molecular flexibility index (Phi) is 5.45. The molecular weight excluding hydrogens is 245 g/mol. The Morgan fingerprint density at radius 3 is 2.80 bits per heavy atom. The normalized spacial score (nSPS) is 18.1. The van der Waals surface area contributed by atoms with E-state index >= 15 is 0 Å². The molecule has 2 aliphatic rings. The number of allylic oxidation sites excluding steroid dienone is 5. The minimum atomic E-state index is 0.429. The average molecular weight is 268 g/mol. The van der Waals surface area contributed by atoms with E-state index in [1.54, 1.807) is 0 Å². The molecule has 0 bridgehead atoms. The van der Waals surface area contributed by atoms with E-state index in [-0.39, 0.29) is 0 Å². The van der Waals surface area contributed by atoms with Crippen molar-refractivity contribution in [3.63, 3.8) is 0 Å². The molecule has 1 saturated heterocycles. The van der Waals surface area contributed by atoms with Crippen LogP contribution in [0.1, 0.15) is 44.9 Å².